The molecule has 0 spiro atoms. The Labute approximate surface area is 84.5 Å². The molecule has 1 saturated carbocycles. The number of nitrogens with zero attached hydrogens (tertiary/aromatic N) is 1. The molecule has 0 heterocycles. The number of hydrogen-bond acceptors (Lipinski definition) is 3. The van der Waals surface area contributed by atoms with E-state index in [0.717, 1.165) is 25.7 Å². The molecule has 1 aliphatic rings. The van der Waals surface area contributed by atoms with Crippen molar-refractivity contribution in [3.63, 3.8) is 0 Å². The van der Waals surface area contributed by atoms with Gasteiger partial charge in [-0.05, 0) is 19.3 Å². The second kappa shape index (κ2) is 4.73. The molecule has 1 N–H and O–H groups in total. The first-order chi connectivity index (χ1) is 6.60. The summed E-state index contributed by atoms with van der Waals surface area (Å²) in [5.74, 6) is 0. The van der Waals surface area contributed by atoms with Crippen LogP contribution in [0.25, 0.3) is 0 Å². The molecular formula is C10H19NO3. The minimum absolute atomic E-state index is 0.297. The lowest BCUT2D eigenvalue weighted by Gasteiger charge is -2.34. The lowest BCUT2D eigenvalue weighted by atomic mass is 9.77. The molecule has 1 fully saturated rings. The summed E-state index contributed by atoms with van der Waals surface area (Å²) in [6.45, 7) is 2.04. The zero-order chi connectivity index (χ0) is 10.6. The van der Waals surface area contributed by atoms with Gasteiger partial charge < -0.3 is 5.11 Å². The molecule has 0 aliphatic heterocycles. The lowest BCUT2D eigenvalue weighted by Crippen LogP contribution is -2.49. The summed E-state index contributed by atoms with van der Waals surface area (Å²) in [6.07, 6.45) is 5.36. The fourth-order valence-electron chi connectivity index (χ4n) is 2.28. The Kier molecular flexibility index (Phi) is 3.86. The van der Waals surface area contributed by atoms with Gasteiger partial charge in [-0.2, -0.15) is 0 Å². The molecule has 82 valence electrons. The summed E-state index contributed by atoms with van der Waals surface area (Å²) >= 11 is 0. The zero-order valence-corrected chi connectivity index (χ0v) is 8.74. The second-order valence-corrected chi connectivity index (χ2v) is 4.25. The van der Waals surface area contributed by atoms with Crippen LogP contribution in [0.5, 0.6) is 0 Å². The van der Waals surface area contributed by atoms with E-state index < -0.39 is 11.6 Å². The maximum atomic E-state index is 10.8. The third kappa shape index (κ3) is 2.44. The first-order valence-corrected chi connectivity index (χ1v) is 5.46. The van der Waals surface area contributed by atoms with Gasteiger partial charge in [0.2, 0.25) is 6.04 Å². The van der Waals surface area contributed by atoms with Gasteiger partial charge in [-0.3, -0.25) is 10.1 Å². The Hall–Kier alpha value is -0.640. The molecule has 14 heavy (non-hydrogen) atoms. The van der Waals surface area contributed by atoms with Crippen molar-refractivity contribution in [3.8, 4) is 0 Å². The Balaban J connectivity index is 2.64. The monoisotopic (exact) mass is 201 g/mol. The van der Waals surface area contributed by atoms with Gasteiger partial charge >= 0.3 is 0 Å². The molecule has 4 heteroatoms. The molecule has 1 aliphatic carbocycles. The highest BCUT2D eigenvalue weighted by Gasteiger charge is 2.46. The molecule has 0 aromatic carbocycles. The molecule has 4 nitrogen and oxygen atoms in total. The Morgan fingerprint density at radius 3 is 2.86 bits per heavy atom. The van der Waals surface area contributed by atoms with E-state index in [2.05, 4.69) is 0 Å². The third-order valence-corrected chi connectivity index (χ3v) is 3.18. The normalized spacial score (nSPS) is 32.9. The predicted molar refractivity (Wildman–Crippen MR) is 53.7 cm³/mol. The van der Waals surface area contributed by atoms with Crippen LogP contribution in [0, 0.1) is 10.1 Å². The highest BCUT2D eigenvalue weighted by atomic mass is 16.6. The van der Waals surface area contributed by atoms with E-state index in [1.54, 1.807) is 0 Å². The minimum Gasteiger partial charge on any atom is -0.383 e. The summed E-state index contributed by atoms with van der Waals surface area (Å²) < 4.78 is 0. The number of rotatable bonds is 4. The molecule has 2 atom stereocenters. The van der Waals surface area contributed by atoms with E-state index in [4.69, 9.17) is 0 Å². The summed E-state index contributed by atoms with van der Waals surface area (Å²) in [4.78, 5) is 10.5. The standard InChI is InChI=1S/C10H19NO3/c1-2-3-7-10(12)8-5-4-6-9(10)11(13)14/h9,12H,2-8H2,1H3. The third-order valence-electron chi connectivity index (χ3n) is 3.18. The van der Waals surface area contributed by atoms with Crippen molar-refractivity contribution in [1.29, 1.82) is 0 Å². The maximum absolute atomic E-state index is 10.8. The molecule has 0 radical (unpaired) electrons. The van der Waals surface area contributed by atoms with Gasteiger partial charge in [0, 0.05) is 11.3 Å². The smallest absolute Gasteiger partial charge is 0.241 e. The van der Waals surface area contributed by atoms with Gasteiger partial charge in [-0.15, -0.1) is 0 Å². The Bertz CT molecular complexity index is 208. The first kappa shape index (κ1) is 11.4. The van der Waals surface area contributed by atoms with Crippen LogP contribution in [0.3, 0.4) is 0 Å². The fourth-order valence-corrected chi connectivity index (χ4v) is 2.28. The maximum Gasteiger partial charge on any atom is 0.241 e. The van der Waals surface area contributed by atoms with E-state index in [-0.39, 0.29) is 4.92 Å². The van der Waals surface area contributed by atoms with E-state index in [1.807, 2.05) is 6.92 Å². The molecule has 0 bridgehead atoms. The fraction of sp³-hybridized carbons (Fsp3) is 1.00. The van der Waals surface area contributed by atoms with Crippen LogP contribution in [-0.4, -0.2) is 21.7 Å². The molecule has 0 aromatic rings. The topological polar surface area (TPSA) is 63.4 Å². The van der Waals surface area contributed by atoms with E-state index in [0.29, 0.717) is 19.3 Å². The second-order valence-electron chi connectivity index (χ2n) is 4.25. The van der Waals surface area contributed by atoms with Crippen LogP contribution in [-0.2, 0) is 0 Å². The van der Waals surface area contributed by atoms with Gasteiger partial charge in [0.25, 0.3) is 0 Å². The van der Waals surface area contributed by atoms with Crippen LogP contribution >= 0.6 is 0 Å². The van der Waals surface area contributed by atoms with Crippen LogP contribution in [0.1, 0.15) is 51.9 Å². The Morgan fingerprint density at radius 1 is 1.57 bits per heavy atom. The van der Waals surface area contributed by atoms with Crippen LogP contribution in [0.4, 0.5) is 0 Å². The largest absolute Gasteiger partial charge is 0.383 e. The highest BCUT2D eigenvalue weighted by molar-refractivity contribution is 4.90. The number of hydrogen-bond donors (Lipinski definition) is 1. The van der Waals surface area contributed by atoms with Crippen molar-refractivity contribution in [2.45, 2.75) is 63.5 Å². The lowest BCUT2D eigenvalue weighted by molar-refractivity contribution is -0.550. The van der Waals surface area contributed by atoms with Gasteiger partial charge in [0.05, 0.1) is 0 Å². The average molecular weight is 201 g/mol. The quantitative estimate of drug-likeness (QED) is 0.559. The van der Waals surface area contributed by atoms with Gasteiger partial charge in [-0.1, -0.05) is 26.2 Å². The number of unbranched alkanes of at least 4 members (excludes halogenated alkanes) is 1. The average Bonchev–Trinajstić information content (AvgIpc) is 2.15. The SMILES string of the molecule is CCCCC1(O)CCCCC1[N+](=O)[O-]. The van der Waals surface area contributed by atoms with Crippen molar-refractivity contribution in [2.75, 3.05) is 0 Å². The molecule has 2 unspecified atom stereocenters. The molecular weight excluding hydrogens is 182 g/mol. The van der Waals surface area contributed by atoms with Gasteiger partial charge in [0.1, 0.15) is 5.60 Å². The van der Waals surface area contributed by atoms with Crippen molar-refractivity contribution in [2.24, 2.45) is 0 Å². The molecule has 0 saturated heterocycles. The van der Waals surface area contributed by atoms with Crippen LogP contribution in [0.15, 0.2) is 0 Å². The number of aliphatic hydroxyl groups is 1. The summed E-state index contributed by atoms with van der Waals surface area (Å²) in [6, 6.07) is -0.734. The molecule has 0 aromatic heterocycles. The predicted octanol–water partition coefficient (Wildman–Crippen LogP) is 2.13. The van der Waals surface area contributed by atoms with Gasteiger partial charge in [-0.25, -0.2) is 0 Å². The van der Waals surface area contributed by atoms with Gasteiger partial charge in [0.15, 0.2) is 0 Å². The Morgan fingerprint density at radius 2 is 2.29 bits per heavy atom. The molecule has 0 amide bonds. The van der Waals surface area contributed by atoms with Crippen molar-refractivity contribution in [3.05, 3.63) is 10.1 Å². The summed E-state index contributed by atoms with van der Waals surface area (Å²) in [5.41, 5.74) is -1.03. The van der Waals surface area contributed by atoms with Crippen molar-refractivity contribution < 1.29 is 10.0 Å². The highest BCUT2D eigenvalue weighted by Crippen LogP contribution is 2.34. The van der Waals surface area contributed by atoms with E-state index in [9.17, 15) is 15.2 Å². The van der Waals surface area contributed by atoms with Crippen LogP contribution in [0.2, 0.25) is 0 Å². The summed E-state index contributed by atoms with van der Waals surface area (Å²) in [7, 11) is 0. The van der Waals surface area contributed by atoms with E-state index in [1.165, 1.54) is 0 Å². The summed E-state index contributed by atoms with van der Waals surface area (Å²) in [5, 5.41) is 21.0. The zero-order valence-electron chi connectivity index (χ0n) is 8.74. The minimum atomic E-state index is -1.03. The van der Waals surface area contributed by atoms with Crippen LogP contribution < -0.4 is 0 Å². The first-order valence-electron chi connectivity index (χ1n) is 5.46. The van der Waals surface area contributed by atoms with Crippen molar-refractivity contribution >= 4 is 0 Å². The molecule has 1 rings (SSSR count). The van der Waals surface area contributed by atoms with E-state index >= 15 is 0 Å². The number of nitro groups is 1. The van der Waals surface area contributed by atoms with Crippen molar-refractivity contribution in [1.82, 2.24) is 0 Å².